The number of carbonyl (C=O) groups excluding carboxylic acids is 1. The van der Waals surface area contributed by atoms with Gasteiger partial charge >= 0.3 is 0 Å². The number of hydrogen-bond acceptors (Lipinski definition) is 6. The van der Waals surface area contributed by atoms with Gasteiger partial charge in [0, 0.05) is 35.3 Å². The van der Waals surface area contributed by atoms with Crippen LogP contribution >= 0.6 is 11.6 Å². The fourth-order valence-corrected chi connectivity index (χ4v) is 5.31. The predicted octanol–water partition coefficient (Wildman–Crippen LogP) is 4.22. The Morgan fingerprint density at radius 1 is 1.18 bits per heavy atom. The summed E-state index contributed by atoms with van der Waals surface area (Å²) in [6, 6.07) is 12.7. The van der Waals surface area contributed by atoms with Gasteiger partial charge in [0.15, 0.2) is 17.2 Å². The number of aliphatic hydroxyl groups excluding tert-OH is 2. The van der Waals surface area contributed by atoms with Crippen LogP contribution in [0.25, 0.3) is 11.1 Å². The monoisotopic (exact) mass is 544 g/mol. The van der Waals surface area contributed by atoms with Gasteiger partial charge in [0.1, 0.15) is 24.3 Å². The number of amides is 1. The van der Waals surface area contributed by atoms with Crippen molar-refractivity contribution < 1.29 is 33.3 Å². The van der Waals surface area contributed by atoms with Crippen LogP contribution in [0.1, 0.15) is 46.9 Å². The molecule has 200 valence electrons. The van der Waals surface area contributed by atoms with Crippen molar-refractivity contribution in [3.05, 3.63) is 81.9 Å². The fraction of sp³-hybridized carbons (Fsp3) is 0.321. The lowest BCUT2D eigenvalue weighted by Crippen LogP contribution is -2.49. The number of primary amides is 1. The zero-order valence-corrected chi connectivity index (χ0v) is 21.1. The second kappa shape index (κ2) is 10.5. The molecule has 0 saturated heterocycles. The second-order valence-corrected chi connectivity index (χ2v) is 9.84. The molecule has 10 heteroatoms. The van der Waals surface area contributed by atoms with Crippen LogP contribution in [0, 0.1) is 11.6 Å². The minimum atomic E-state index is -1.43. The van der Waals surface area contributed by atoms with Gasteiger partial charge in [0.05, 0.1) is 17.2 Å². The lowest BCUT2D eigenvalue weighted by molar-refractivity contribution is -0.0349. The minimum Gasteiger partial charge on any atom is -0.488 e. The SMILES string of the molecule is NC(=O)c1ccc(OCCO)c(F)c1-c1c(Cl)c(F)cc2c1[C@H](O)[C@@](CNC1CCC1)(c1ccccc1)O2. The van der Waals surface area contributed by atoms with E-state index in [0.29, 0.717) is 5.56 Å². The van der Waals surface area contributed by atoms with Crippen molar-refractivity contribution in [2.45, 2.75) is 37.0 Å². The van der Waals surface area contributed by atoms with Crippen LogP contribution in [0.5, 0.6) is 11.5 Å². The second-order valence-electron chi connectivity index (χ2n) is 9.46. The van der Waals surface area contributed by atoms with Crippen LogP contribution in [0.15, 0.2) is 48.5 Å². The van der Waals surface area contributed by atoms with Gasteiger partial charge in [-0.2, -0.15) is 0 Å². The number of carbonyl (C=O) groups is 1. The fourth-order valence-electron chi connectivity index (χ4n) is 5.06. The lowest BCUT2D eigenvalue weighted by Gasteiger charge is -2.36. The largest absolute Gasteiger partial charge is 0.488 e. The first-order valence-corrected chi connectivity index (χ1v) is 12.7. The van der Waals surface area contributed by atoms with E-state index in [0.717, 1.165) is 25.3 Å². The van der Waals surface area contributed by atoms with E-state index in [1.807, 2.05) is 6.07 Å². The van der Waals surface area contributed by atoms with Crippen molar-refractivity contribution in [1.82, 2.24) is 5.32 Å². The molecular formula is C28H27ClF2N2O5. The Balaban J connectivity index is 1.72. The third kappa shape index (κ3) is 4.39. The van der Waals surface area contributed by atoms with Gasteiger partial charge in [-0.05, 0) is 30.5 Å². The highest BCUT2D eigenvalue weighted by Gasteiger charge is 2.52. The maximum Gasteiger partial charge on any atom is 0.249 e. The Morgan fingerprint density at radius 2 is 1.92 bits per heavy atom. The van der Waals surface area contributed by atoms with Crippen molar-refractivity contribution in [2.24, 2.45) is 5.73 Å². The normalized spacial score (nSPS) is 20.5. The summed E-state index contributed by atoms with van der Waals surface area (Å²) in [5.41, 5.74) is 3.85. The van der Waals surface area contributed by atoms with E-state index in [-0.39, 0.29) is 54.0 Å². The van der Waals surface area contributed by atoms with E-state index in [9.17, 15) is 9.90 Å². The molecule has 5 N–H and O–H groups in total. The Bertz CT molecular complexity index is 1370. The number of benzene rings is 3. The highest BCUT2D eigenvalue weighted by atomic mass is 35.5. The van der Waals surface area contributed by atoms with E-state index >= 15 is 8.78 Å². The molecule has 0 spiro atoms. The molecule has 38 heavy (non-hydrogen) atoms. The summed E-state index contributed by atoms with van der Waals surface area (Å²) in [7, 11) is 0. The van der Waals surface area contributed by atoms with Crippen molar-refractivity contribution in [3.63, 3.8) is 0 Å². The van der Waals surface area contributed by atoms with Gasteiger partial charge in [0.25, 0.3) is 0 Å². The molecule has 0 unspecified atom stereocenters. The molecule has 5 rings (SSSR count). The minimum absolute atomic E-state index is 0.0244. The predicted molar refractivity (Wildman–Crippen MR) is 137 cm³/mol. The Morgan fingerprint density at radius 3 is 2.55 bits per heavy atom. The van der Waals surface area contributed by atoms with Crippen LogP contribution < -0.4 is 20.5 Å². The molecule has 7 nitrogen and oxygen atoms in total. The summed E-state index contributed by atoms with van der Waals surface area (Å²) in [6.45, 7) is -0.430. The van der Waals surface area contributed by atoms with Gasteiger partial charge in [-0.1, -0.05) is 48.4 Å². The molecule has 1 aliphatic heterocycles. The highest BCUT2D eigenvalue weighted by Crippen LogP contribution is 2.55. The molecule has 1 fully saturated rings. The summed E-state index contributed by atoms with van der Waals surface area (Å²) in [5.74, 6) is -3.30. The molecule has 2 aliphatic rings. The number of ether oxygens (including phenoxy) is 2. The highest BCUT2D eigenvalue weighted by molar-refractivity contribution is 6.34. The van der Waals surface area contributed by atoms with Crippen LogP contribution in [-0.2, 0) is 5.60 Å². The molecule has 3 aromatic rings. The van der Waals surface area contributed by atoms with Crippen LogP contribution in [0.2, 0.25) is 5.02 Å². The smallest absolute Gasteiger partial charge is 0.249 e. The van der Waals surface area contributed by atoms with Crippen molar-refractivity contribution in [2.75, 3.05) is 19.8 Å². The van der Waals surface area contributed by atoms with Gasteiger partial charge in [-0.25, -0.2) is 8.78 Å². The molecule has 0 radical (unpaired) electrons. The summed E-state index contributed by atoms with van der Waals surface area (Å²) in [4.78, 5) is 12.4. The van der Waals surface area contributed by atoms with Crippen LogP contribution in [0.3, 0.4) is 0 Å². The van der Waals surface area contributed by atoms with Crippen LogP contribution in [0.4, 0.5) is 8.78 Å². The third-order valence-corrected chi connectivity index (χ3v) is 7.59. The van der Waals surface area contributed by atoms with E-state index in [4.69, 9.17) is 31.9 Å². The van der Waals surface area contributed by atoms with E-state index in [1.165, 1.54) is 12.1 Å². The maximum absolute atomic E-state index is 15.9. The first-order chi connectivity index (χ1) is 18.3. The molecule has 1 saturated carbocycles. The summed E-state index contributed by atoms with van der Waals surface area (Å²) < 4.78 is 42.7. The quantitative estimate of drug-likeness (QED) is 0.321. The Kier molecular flexibility index (Phi) is 7.28. The zero-order chi connectivity index (χ0) is 27.0. The van der Waals surface area contributed by atoms with Crippen molar-refractivity contribution >= 4 is 17.5 Å². The van der Waals surface area contributed by atoms with Gasteiger partial charge in [0.2, 0.25) is 5.91 Å². The number of aliphatic hydroxyl groups is 2. The number of hydrogen-bond donors (Lipinski definition) is 4. The van der Waals surface area contributed by atoms with Gasteiger partial charge < -0.3 is 30.7 Å². The number of fused-ring (bicyclic) bond motifs is 1. The van der Waals surface area contributed by atoms with Gasteiger partial charge in [-0.3, -0.25) is 4.79 Å². The number of nitrogens with one attached hydrogen (secondary N) is 1. The van der Waals surface area contributed by atoms with Crippen LogP contribution in [-0.4, -0.2) is 41.9 Å². The van der Waals surface area contributed by atoms with E-state index in [2.05, 4.69) is 5.32 Å². The molecule has 2 atom stereocenters. The first-order valence-electron chi connectivity index (χ1n) is 12.3. The number of halogens is 3. The average molecular weight is 545 g/mol. The summed E-state index contributed by atoms with van der Waals surface area (Å²) in [5, 5.41) is 23.9. The Labute approximate surface area is 223 Å². The molecule has 1 heterocycles. The number of rotatable bonds is 9. The zero-order valence-electron chi connectivity index (χ0n) is 20.3. The number of nitrogens with two attached hydrogens (primary N) is 1. The lowest BCUT2D eigenvalue weighted by atomic mass is 9.82. The molecule has 1 aliphatic carbocycles. The molecular weight excluding hydrogens is 518 g/mol. The summed E-state index contributed by atoms with van der Waals surface area (Å²) >= 11 is 6.42. The van der Waals surface area contributed by atoms with E-state index < -0.39 is 39.8 Å². The molecule has 0 bridgehead atoms. The standard InChI is InChI=1S/C28H27ClF2N2O5/c29-24-18(30)13-20-22(23(24)21-17(27(32)36)9-10-19(25(21)31)37-12-11-34)26(35)28(38-20,14-33-16-7-4-8-16)15-5-2-1-3-6-15/h1-3,5-6,9-10,13,16,26,33-35H,4,7-8,11-12,14H2,(H2,32,36)/t26-,28+/m0/s1. The first kappa shape index (κ1) is 26.4. The molecule has 3 aromatic carbocycles. The topological polar surface area (TPSA) is 114 Å². The van der Waals surface area contributed by atoms with Crippen molar-refractivity contribution in [3.8, 4) is 22.6 Å². The molecule has 1 amide bonds. The molecule has 0 aromatic heterocycles. The van der Waals surface area contributed by atoms with Gasteiger partial charge in [-0.15, -0.1) is 0 Å². The average Bonchev–Trinajstić information content (AvgIpc) is 3.15. The summed E-state index contributed by atoms with van der Waals surface area (Å²) in [6.07, 6.45) is 1.62. The van der Waals surface area contributed by atoms with Crippen molar-refractivity contribution in [1.29, 1.82) is 0 Å². The Hall–Kier alpha value is -3.24. The maximum atomic E-state index is 15.9. The van der Waals surface area contributed by atoms with E-state index in [1.54, 1.807) is 24.3 Å². The third-order valence-electron chi connectivity index (χ3n) is 7.22.